The SMILES string of the molecule is C=CC(c1ccccc1)C(CCCCCCCCCCC)N(C)C.Cl. The van der Waals surface area contributed by atoms with Gasteiger partial charge in [0, 0.05) is 12.0 Å². The lowest BCUT2D eigenvalue weighted by atomic mass is 9.87. The van der Waals surface area contributed by atoms with Crippen molar-refractivity contribution in [3.05, 3.63) is 48.6 Å². The third kappa shape index (κ3) is 10.1. The number of benzene rings is 1. The topological polar surface area (TPSA) is 3.24 Å². The van der Waals surface area contributed by atoms with Crippen molar-refractivity contribution in [3.63, 3.8) is 0 Å². The maximum Gasteiger partial charge on any atom is 0.0192 e. The summed E-state index contributed by atoms with van der Waals surface area (Å²) in [5.41, 5.74) is 1.39. The number of rotatable bonds is 14. The molecule has 1 aromatic rings. The highest BCUT2D eigenvalue weighted by atomic mass is 35.5. The quantitative estimate of drug-likeness (QED) is 0.248. The van der Waals surface area contributed by atoms with Crippen LogP contribution in [0.25, 0.3) is 0 Å². The molecule has 0 aromatic heterocycles. The molecule has 0 N–H and O–H groups in total. The van der Waals surface area contributed by atoms with Gasteiger partial charge in [-0.1, -0.05) is 101 Å². The van der Waals surface area contributed by atoms with Crippen molar-refractivity contribution < 1.29 is 0 Å². The Bertz CT molecular complexity index is 415. The van der Waals surface area contributed by atoms with E-state index in [0.29, 0.717) is 12.0 Å². The molecule has 2 atom stereocenters. The number of halogens is 1. The Hall–Kier alpha value is -0.790. The van der Waals surface area contributed by atoms with E-state index < -0.39 is 0 Å². The summed E-state index contributed by atoms with van der Waals surface area (Å²) in [4.78, 5) is 2.38. The van der Waals surface area contributed by atoms with E-state index in [0.717, 1.165) is 0 Å². The average Bonchev–Trinajstić information content (AvgIpc) is 2.60. The molecule has 0 spiro atoms. The van der Waals surface area contributed by atoms with Crippen LogP contribution in [0, 0.1) is 0 Å². The van der Waals surface area contributed by atoms with Gasteiger partial charge >= 0.3 is 0 Å². The normalized spacial score (nSPS) is 13.3. The van der Waals surface area contributed by atoms with E-state index >= 15 is 0 Å². The van der Waals surface area contributed by atoms with Gasteiger partial charge in [-0.2, -0.15) is 0 Å². The summed E-state index contributed by atoms with van der Waals surface area (Å²) in [6, 6.07) is 11.4. The van der Waals surface area contributed by atoms with E-state index in [-0.39, 0.29) is 12.4 Å². The lowest BCUT2D eigenvalue weighted by molar-refractivity contribution is 0.252. The maximum absolute atomic E-state index is 4.11. The summed E-state index contributed by atoms with van der Waals surface area (Å²) in [6.07, 6.45) is 15.9. The molecule has 2 unspecified atom stereocenters. The number of hydrogen-bond acceptors (Lipinski definition) is 1. The highest BCUT2D eigenvalue weighted by Gasteiger charge is 2.21. The zero-order valence-corrected chi connectivity index (χ0v) is 17.6. The van der Waals surface area contributed by atoms with Crippen LogP contribution in [-0.4, -0.2) is 25.0 Å². The van der Waals surface area contributed by atoms with Crippen molar-refractivity contribution in [3.8, 4) is 0 Å². The maximum atomic E-state index is 4.11. The minimum atomic E-state index is 0. The van der Waals surface area contributed by atoms with Crippen molar-refractivity contribution in [1.82, 2.24) is 4.90 Å². The zero-order chi connectivity index (χ0) is 17.6. The average molecular weight is 366 g/mol. The van der Waals surface area contributed by atoms with E-state index in [1.807, 2.05) is 0 Å². The van der Waals surface area contributed by atoms with Crippen LogP contribution in [0.4, 0.5) is 0 Å². The molecule has 0 saturated heterocycles. The fourth-order valence-electron chi connectivity index (χ4n) is 3.61. The molecule has 1 aromatic carbocycles. The molecule has 0 aliphatic carbocycles. The highest BCUT2D eigenvalue weighted by Crippen LogP contribution is 2.27. The molecule has 0 saturated carbocycles. The van der Waals surface area contributed by atoms with Gasteiger partial charge in [0.1, 0.15) is 0 Å². The smallest absolute Gasteiger partial charge is 0.0192 e. The van der Waals surface area contributed by atoms with Crippen LogP contribution in [0.5, 0.6) is 0 Å². The van der Waals surface area contributed by atoms with E-state index in [9.17, 15) is 0 Å². The summed E-state index contributed by atoms with van der Waals surface area (Å²) in [5, 5.41) is 0. The first-order chi connectivity index (χ1) is 11.7. The monoisotopic (exact) mass is 365 g/mol. The van der Waals surface area contributed by atoms with Crippen LogP contribution in [-0.2, 0) is 0 Å². The molecule has 25 heavy (non-hydrogen) atoms. The second-order valence-electron chi connectivity index (χ2n) is 7.32. The number of unbranched alkanes of at least 4 members (excludes halogenated alkanes) is 8. The molecule has 0 bridgehead atoms. The Morgan fingerprint density at radius 1 is 0.880 bits per heavy atom. The van der Waals surface area contributed by atoms with Crippen LogP contribution < -0.4 is 0 Å². The molecule has 1 nitrogen and oxygen atoms in total. The lowest BCUT2D eigenvalue weighted by Crippen LogP contribution is -2.33. The third-order valence-corrected chi connectivity index (χ3v) is 5.12. The summed E-state index contributed by atoms with van der Waals surface area (Å²) in [6.45, 7) is 6.39. The third-order valence-electron chi connectivity index (χ3n) is 5.12. The fourth-order valence-corrected chi connectivity index (χ4v) is 3.61. The van der Waals surface area contributed by atoms with E-state index in [2.05, 4.69) is 68.9 Å². The van der Waals surface area contributed by atoms with Crippen LogP contribution in [0.1, 0.15) is 82.6 Å². The second kappa shape index (κ2) is 15.5. The molecule has 0 radical (unpaired) electrons. The molecule has 144 valence electrons. The van der Waals surface area contributed by atoms with Gasteiger partial charge in [-0.3, -0.25) is 0 Å². The van der Waals surface area contributed by atoms with Gasteiger partial charge in [0.05, 0.1) is 0 Å². The molecule has 0 aliphatic rings. The van der Waals surface area contributed by atoms with Crippen molar-refractivity contribution in [1.29, 1.82) is 0 Å². The highest BCUT2D eigenvalue weighted by molar-refractivity contribution is 5.85. The first kappa shape index (κ1) is 24.2. The van der Waals surface area contributed by atoms with Gasteiger partial charge in [-0.05, 0) is 26.1 Å². The summed E-state index contributed by atoms with van der Waals surface area (Å²) in [5.74, 6) is 0.426. The Morgan fingerprint density at radius 3 is 1.88 bits per heavy atom. The fraction of sp³-hybridized carbons (Fsp3) is 0.652. The minimum absolute atomic E-state index is 0. The van der Waals surface area contributed by atoms with Gasteiger partial charge in [0.2, 0.25) is 0 Å². The lowest BCUT2D eigenvalue weighted by Gasteiger charge is -2.31. The van der Waals surface area contributed by atoms with Crippen LogP contribution in [0.2, 0.25) is 0 Å². The first-order valence-corrected chi connectivity index (χ1v) is 10.0. The van der Waals surface area contributed by atoms with E-state index in [1.165, 1.54) is 69.8 Å². The number of hydrogen-bond donors (Lipinski definition) is 0. The molecule has 1 rings (SSSR count). The first-order valence-electron chi connectivity index (χ1n) is 10.0. The molecule has 0 fully saturated rings. The Balaban J connectivity index is 0.00000576. The second-order valence-corrected chi connectivity index (χ2v) is 7.32. The summed E-state index contributed by atoms with van der Waals surface area (Å²) in [7, 11) is 4.41. The molecule has 0 amide bonds. The van der Waals surface area contributed by atoms with Crippen molar-refractivity contribution in [2.45, 2.75) is 83.1 Å². The summed E-state index contributed by atoms with van der Waals surface area (Å²) >= 11 is 0. The van der Waals surface area contributed by atoms with Crippen LogP contribution in [0.3, 0.4) is 0 Å². The standard InChI is InChI=1S/C23H39N.ClH/c1-5-7-8-9-10-11-12-13-17-20-23(24(3)4)22(6-2)21-18-15-14-16-19-21;/h6,14-16,18-19,22-23H,2,5,7-13,17,20H2,1,3-4H3;1H. The van der Waals surface area contributed by atoms with Crippen molar-refractivity contribution in [2.75, 3.05) is 14.1 Å². The molecule has 0 aliphatic heterocycles. The molecule has 0 heterocycles. The minimum Gasteiger partial charge on any atom is -0.306 e. The van der Waals surface area contributed by atoms with Gasteiger partial charge in [0.25, 0.3) is 0 Å². The predicted octanol–water partition coefficient (Wildman–Crippen LogP) is 7.23. The van der Waals surface area contributed by atoms with Gasteiger partial charge in [-0.25, -0.2) is 0 Å². The zero-order valence-electron chi connectivity index (χ0n) is 16.8. The van der Waals surface area contributed by atoms with E-state index in [1.54, 1.807) is 0 Å². The number of nitrogens with zero attached hydrogens (tertiary/aromatic N) is 1. The predicted molar refractivity (Wildman–Crippen MR) is 116 cm³/mol. The molecule has 2 heteroatoms. The van der Waals surface area contributed by atoms with Crippen molar-refractivity contribution in [2.24, 2.45) is 0 Å². The van der Waals surface area contributed by atoms with Crippen LogP contribution >= 0.6 is 12.4 Å². The largest absolute Gasteiger partial charge is 0.306 e. The van der Waals surface area contributed by atoms with E-state index in [4.69, 9.17) is 0 Å². The summed E-state index contributed by atoms with van der Waals surface area (Å²) < 4.78 is 0. The van der Waals surface area contributed by atoms with Gasteiger partial charge in [-0.15, -0.1) is 19.0 Å². The Kier molecular flexibility index (Phi) is 15.0. The van der Waals surface area contributed by atoms with Gasteiger partial charge < -0.3 is 4.90 Å². The van der Waals surface area contributed by atoms with Crippen LogP contribution in [0.15, 0.2) is 43.0 Å². The van der Waals surface area contributed by atoms with Gasteiger partial charge in [0.15, 0.2) is 0 Å². The number of likely N-dealkylation sites (N-methyl/N-ethyl adjacent to an activating group) is 1. The Labute approximate surface area is 163 Å². The Morgan fingerprint density at radius 2 is 1.40 bits per heavy atom. The van der Waals surface area contributed by atoms with Crippen molar-refractivity contribution >= 4 is 12.4 Å². The molecular weight excluding hydrogens is 326 g/mol. The molecular formula is C23H40ClN.